The number of hydrogen-bond donors (Lipinski definition) is 5. The zero-order chi connectivity index (χ0) is 16.0. The molecule has 0 fully saturated rings. The van der Waals surface area contributed by atoms with Crippen LogP contribution in [0.1, 0.15) is 17.2 Å². The monoisotopic (exact) mass is 324 g/mol. The van der Waals surface area contributed by atoms with Crippen LogP contribution in [0.25, 0.3) is 0 Å². The number of halogens is 1. The maximum Gasteiger partial charge on any atom is 0.157 e. The Labute approximate surface area is 130 Å². The zero-order valence-corrected chi connectivity index (χ0v) is 11.9. The number of phenolic OH excluding ortho intramolecular Hbond substituents is 4. The van der Waals surface area contributed by atoms with Gasteiger partial charge in [-0.3, -0.25) is 0 Å². The fourth-order valence-corrected chi connectivity index (χ4v) is 2.71. The highest BCUT2D eigenvalue weighted by molar-refractivity contribution is 6.33. The fraction of sp³-hybridized carbons (Fsp3) is 0.200. The van der Waals surface area contributed by atoms with Gasteiger partial charge in [-0.15, -0.1) is 0 Å². The summed E-state index contributed by atoms with van der Waals surface area (Å²) in [5.74, 6) is -1.10. The van der Waals surface area contributed by atoms with Crippen molar-refractivity contribution in [2.24, 2.45) is 0 Å². The maximum atomic E-state index is 10.2. The van der Waals surface area contributed by atoms with E-state index in [1.165, 1.54) is 18.2 Å². The third-order valence-corrected chi connectivity index (χ3v) is 3.98. The first-order chi connectivity index (χ1) is 10.4. The number of aliphatic hydroxyl groups is 1. The second-order valence-electron chi connectivity index (χ2n) is 5.09. The van der Waals surface area contributed by atoms with Gasteiger partial charge >= 0.3 is 0 Å². The molecule has 116 valence electrons. The quantitative estimate of drug-likeness (QED) is 0.514. The van der Waals surface area contributed by atoms with Gasteiger partial charge in [0.2, 0.25) is 0 Å². The van der Waals surface area contributed by atoms with Crippen molar-refractivity contribution in [1.29, 1.82) is 0 Å². The summed E-state index contributed by atoms with van der Waals surface area (Å²) in [6.07, 6.45) is -1.80. The van der Waals surface area contributed by atoms with Gasteiger partial charge in [-0.05, 0) is 17.7 Å². The number of aliphatic hydroxyl groups excluding tert-OH is 1. The molecule has 0 saturated heterocycles. The van der Waals surface area contributed by atoms with E-state index in [4.69, 9.17) is 16.3 Å². The van der Waals surface area contributed by atoms with Crippen molar-refractivity contribution < 1.29 is 30.3 Å². The van der Waals surface area contributed by atoms with Crippen molar-refractivity contribution in [1.82, 2.24) is 0 Å². The van der Waals surface area contributed by atoms with Crippen molar-refractivity contribution in [3.8, 4) is 28.7 Å². The Bertz CT molecular complexity index is 745. The van der Waals surface area contributed by atoms with Crippen molar-refractivity contribution in [3.63, 3.8) is 0 Å². The lowest BCUT2D eigenvalue weighted by molar-refractivity contribution is 0.0197. The zero-order valence-electron chi connectivity index (χ0n) is 11.2. The molecular formula is C15H13ClO6. The number of phenols is 4. The molecule has 1 aliphatic heterocycles. The standard InChI is InChI=1S/C15H13ClO6/c16-13-11(20)5-9(18)7-4-12(21)14(22-15(7)13)6-1-2-8(17)10(19)3-6/h1-3,5,12,14,17-21H,4H2/t12-,14?/m0/s1. The van der Waals surface area contributed by atoms with Crippen LogP contribution in [0.2, 0.25) is 5.02 Å². The van der Waals surface area contributed by atoms with Crippen LogP contribution in [0.15, 0.2) is 24.3 Å². The van der Waals surface area contributed by atoms with Crippen LogP contribution in [0, 0.1) is 0 Å². The Balaban J connectivity index is 2.05. The lowest BCUT2D eigenvalue weighted by Gasteiger charge is -2.32. The number of ether oxygens (including phenoxy) is 1. The molecule has 0 aromatic heterocycles. The van der Waals surface area contributed by atoms with Gasteiger partial charge in [0.25, 0.3) is 0 Å². The molecule has 6 nitrogen and oxygen atoms in total. The van der Waals surface area contributed by atoms with E-state index in [1.54, 1.807) is 0 Å². The van der Waals surface area contributed by atoms with Gasteiger partial charge in [0.05, 0.1) is 6.10 Å². The SMILES string of the molecule is Oc1ccc(C2Oc3c(Cl)c(O)cc(O)c3C[C@@H]2O)cc1O. The predicted octanol–water partition coefficient (Wildman–Crippen LogP) is 2.20. The molecule has 5 N–H and O–H groups in total. The van der Waals surface area contributed by atoms with Gasteiger partial charge in [-0.2, -0.15) is 0 Å². The molecular weight excluding hydrogens is 312 g/mol. The minimum atomic E-state index is -0.997. The molecule has 1 aliphatic rings. The Morgan fingerprint density at radius 1 is 0.955 bits per heavy atom. The van der Waals surface area contributed by atoms with Crippen LogP contribution >= 0.6 is 11.6 Å². The highest BCUT2D eigenvalue weighted by atomic mass is 35.5. The molecule has 0 saturated carbocycles. The number of benzene rings is 2. The summed E-state index contributed by atoms with van der Waals surface area (Å²) in [7, 11) is 0. The minimum absolute atomic E-state index is 0.0623. The van der Waals surface area contributed by atoms with Gasteiger partial charge in [-0.1, -0.05) is 17.7 Å². The van der Waals surface area contributed by atoms with Crippen LogP contribution in [-0.2, 0) is 6.42 Å². The molecule has 1 heterocycles. The Kier molecular flexibility index (Phi) is 3.42. The van der Waals surface area contributed by atoms with E-state index in [9.17, 15) is 25.5 Å². The van der Waals surface area contributed by atoms with Gasteiger partial charge < -0.3 is 30.3 Å². The highest BCUT2D eigenvalue weighted by Gasteiger charge is 2.34. The predicted molar refractivity (Wildman–Crippen MR) is 77.6 cm³/mol. The number of hydrogen-bond acceptors (Lipinski definition) is 6. The largest absolute Gasteiger partial charge is 0.507 e. The Morgan fingerprint density at radius 3 is 2.36 bits per heavy atom. The smallest absolute Gasteiger partial charge is 0.157 e. The third kappa shape index (κ3) is 2.26. The summed E-state index contributed by atoms with van der Waals surface area (Å²) in [6, 6.07) is 5.12. The molecule has 7 heteroatoms. The lowest BCUT2D eigenvalue weighted by atomic mass is 9.94. The molecule has 0 aliphatic carbocycles. The molecule has 0 spiro atoms. The van der Waals surface area contributed by atoms with Gasteiger partial charge in [0.1, 0.15) is 22.3 Å². The third-order valence-electron chi connectivity index (χ3n) is 3.62. The van der Waals surface area contributed by atoms with Crippen LogP contribution in [0.3, 0.4) is 0 Å². The average molecular weight is 325 g/mol. The summed E-state index contributed by atoms with van der Waals surface area (Å²) in [6.45, 7) is 0. The summed E-state index contributed by atoms with van der Waals surface area (Å²) in [4.78, 5) is 0. The Morgan fingerprint density at radius 2 is 1.68 bits per heavy atom. The highest BCUT2D eigenvalue weighted by Crippen LogP contribution is 2.48. The minimum Gasteiger partial charge on any atom is -0.507 e. The van der Waals surface area contributed by atoms with Crippen LogP contribution in [0.5, 0.6) is 28.7 Å². The van der Waals surface area contributed by atoms with Crippen LogP contribution < -0.4 is 4.74 Å². The lowest BCUT2D eigenvalue weighted by Crippen LogP contribution is -2.30. The fourth-order valence-electron chi connectivity index (χ4n) is 2.49. The summed E-state index contributed by atoms with van der Waals surface area (Å²) >= 11 is 5.98. The first kappa shape index (κ1) is 14.6. The molecule has 1 unspecified atom stereocenters. The second kappa shape index (κ2) is 5.15. The first-order valence-corrected chi connectivity index (χ1v) is 6.86. The van der Waals surface area contributed by atoms with E-state index in [0.717, 1.165) is 6.07 Å². The van der Waals surface area contributed by atoms with Crippen LogP contribution in [0.4, 0.5) is 0 Å². The molecule has 0 amide bonds. The van der Waals surface area contributed by atoms with Gasteiger partial charge in [-0.25, -0.2) is 0 Å². The van der Waals surface area contributed by atoms with E-state index >= 15 is 0 Å². The van der Waals surface area contributed by atoms with Gasteiger partial charge in [0, 0.05) is 18.1 Å². The first-order valence-electron chi connectivity index (χ1n) is 6.48. The van der Waals surface area contributed by atoms with E-state index in [1.807, 2.05) is 0 Å². The average Bonchev–Trinajstić information content (AvgIpc) is 2.47. The molecule has 0 radical (unpaired) electrons. The molecule has 0 bridgehead atoms. The van der Waals surface area contributed by atoms with Gasteiger partial charge in [0.15, 0.2) is 17.6 Å². The van der Waals surface area contributed by atoms with Crippen molar-refractivity contribution in [2.75, 3.05) is 0 Å². The van der Waals surface area contributed by atoms with Crippen LogP contribution in [-0.4, -0.2) is 31.6 Å². The van der Waals surface area contributed by atoms with E-state index in [2.05, 4.69) is 0 Å². The van der Waals surface area contributed by atoms with E-state index in [0.29, 0.717) is 11.1 Å². The molecule has 2 atom stereocenters. The number of aromatic hydroxyl groups is 4. The molecule has 2 aromatic carbocycles. The summed E-state index contributed by atoms with van der Waals surface area (Å²) in [5, 5.41) is 48.6. The molecule has 3 rings (SSSR count). The normalized spacial score (nSPS) is 20.3. The van der Waals surface area contributed by atoms with Crippen molar-refractivity contribution >= 4 is 11.6 Å². The summed E-state index contributed by atoms with van der Waals surface area (Å²) < 4.78 is 5.62. The van der Waals surface area contributed by atoms with E-state index in [-0.39, 0.29) is 40.2 Å². The second-order valence-corrected chi connectivity index (χ2v) is 5.47. The van der Waals surface area contributed by atoms with Crippen molar-refractivity contribution in [2.45, 2.75) is 18.6 Å². The molecule has 2 aromatic rings. The maximum absolute atomic E-state index is 10.2. The summed E-state index contributed by atoms with van der Waals surface area (Å²) in [5.41, 5.74) is 0.724. The Hall–Kier alpha value is -2.31. The molecule has 22 heavy (non-hydrogen) atoms. The number of rotatable bonds is 1. The van der Waals surface area contributed by atoms with Crippen molar-refractivity contribution in [3.05, 3.63) is 40.4 Å². The topological polar surface area (TPSA) is 110 Å². The van der Waals surface area contributed by atoms with E-state index < -0.39 is 12.2 Å². The number of fused-ring (bicyclic) bond motifs is 1.